The molecule has 0 spiro atoms. The van der Waals surface area contributed by atoms with E-state index in [9.17, 15) is 23.1 Å². The van der Waals surface area contributed by atoms with Gasteiger partial charge < -0.3 is 14.6 Å². The molecule has 0 amide bonds. The molecule has 1 aliphatic carbocycles. The summed E-state index contributed by atoms with van der Waals surface area (Å²) in [4.78, 5) is 11.5. The van der Waals surface area contributed by atoms with Crippen LogP contribution >= 0.6 is 0 Å². The molecule has 0 saturated heterocycles. The SMILES string of the molecule is COc1cc(C(F)(F)F)c(C2(C(=O)O)CCC2)cc1OC. The van der Waals surface area contributed by atoms with Crippen molar-refractivity contribution in [1.82, 2.24) is 0 Å². The van der Waals surface area contributed by atoms with E-state index in [0.29, 0.717) is 6.42 Å². The quantitative estimate of drug-likeness (QED) is 0.928. The second kappa shape index (κ2) is 5.13. The minimum absolute atomic E-state index is 0.0755. The highest BCUT2D eigenvalue weighted by atomic mass is 19.4. The fraction of sp³-hybridized carbons (Fsp3) is 0.500. The summed E-state index contributed by atoms with van der Waals surface area (Å²) in [5.41, 5.74) is -2.74. The molecule has 4 nitrogen and oxygen atoms in total. The normalized spacial score (nSPS) is 17.0. The van der Waals surface area contributed by atoms with Gasteiger partial charge in [-0.05, 0) is 30.5 Å². The van der Waals surface area contributed by atoms with Crippen LogP contribution in [0.5, 0.6) is 11.5 Å². The molecular formula is C14H15F3O4. The molecule has 2 rings (SSSR count). The number of aliphatic carboxylic acids is 1. The van der Waals surface area contributed by atoms with Crippen LogP contribution in [0.25, 0.3) is 0 Å². The van der Waals surface area contributed by atoms with E-state index in [0.717, 1.165) is 12.1 Å². The lowest BCUT2D eigenvalue weighted by Crippen LogP contribution is -2.43. The molecule has 1 saturated carbocycles. The lowest BCUT2D eigenvalue weighted by Gasteiger charge is -2.39. The van der Waals surface area contributed by atoms with Crippen molar-refractivity contribution in [2.45, 2.75) is 30.9 Å². The third-order valence-electron chi connectivity index (χ3n) is 3.96. The summed E-state index contributed by atoms with van der Waals surface area (Å²) in [5.74, 6) is -1.23. The first kappa shape index (κ1) is 15.5. The second-order valence-electron chi connectivity index (χ2n) is 4.99. The molecule has 0 radical (unpaired) electrons. The minimum atomic E-state index is -4.66. The number of carbonyl (C=O) groups is 1. The zero-order valence-corrected chi connectivity index (χ0v) is 11.6. The van der Waals surface area contributed by atoms with Gasteiger partial charge in [-0.1, -0.05) is 6.42 Å². The van der Waals surface area contributed by atoms with Gasteiger partial charge in [-0.2, -0.15) is 13.2 Å². The summed E-state index contributed by atoms with van der Waals surface area (Å²) in [6, 6.07) is 1.94. The van der Waals surface area contributed by atoms with Crippen molar-refractivity contribution in [2.75, 3.05) is 14.2 Å². The third kappa shape index (κ3) is 2.41. The molecule has 0 bridgehead atoms. The van der Waals surface area contributed by atoms with Gasteiger partial charge in [-0.15, -0.1) is 0 Å². The summed E-state index contributed by atoms with van der Waals surface area (Å²) in [6.07, 6.45) is -3.72. The second-order valence-corrected chi connectivity index (χ2v) is 4.99. The Bertz CT molecular complexity index is 562. The lowest BCUT2D eigenvalue weighted by atomic mass is 9.63. The number of halogens is 3. The van der Waals surface area contributed by atoms with Crippen molar-refractivity contribution >= 4 is 5.97 Å². The van der Waals surface area contributed by atoms with Gasteiger partial charge in [0, 0.05) is 0 Å². The largest absolute Gasteiger partial charge is 0.493 e. The molecule has 0 heterocycles. The molecule has 21 heavy (non-hydrogen) atoms. The van der Waals surface area contributed by atoms with Crippen LogP contribution in [0.1, 0.15) is 30.4 Å². The Hall–Kier alpha value is -1.92. The minimum Gasteiger partial charge on any atom is -0.493 e. The fourth-order valence-electron chi connectivity index (χ4n) is 2.64. The van der Waals surface area contributed by atoms with E-state index in [-0.39, 0.29) is 29.9 Å². The standard InChI is InChI=1S/C14H15F3O4/c1-20-10-6-8(13(12(18)19)4-3-5-13)9(14(15,16)17)7-11(10)21-2/h6-7H,3-5H2,1-2H3,(H,18,19). The van der Waals surface area contributed by atoms with Crippen LogP contribution in [0.3, 0.4) is 0 Å². The average Bonchev–Trinajstić information content (AvgIpc) is 2.34. The van der Waals surface area contributed by atoms with Gasteiger partial charge in [0.15, 0.2) is 11.5 Å². The monoisotopic (exact) mass is 304 g/mol. The van der Waals surface area contributed by atoms with Crippen LogP contribution in [-0.4, -0.2) is 25.3 Å². The van der Waals surface area contributed by atoms with Crippen LogP contribution in [0.15, 0.2) is 12.1 Å². The Morgan fingerprint density at radius 1 is 1.19 bits per heavy atom. The molecule has 1 aromatic carbocycles. The van der Waals surface area contributed by atoms with Crippen LogP contribution < -0.4 is 9.47 Å². The van der Waals surface area contributed by atoms with Crippen molar-refractivity contribution in [2.24, 2.45) is 0 Å². The Kier molecular flexibility index (Phi) is 3.78. The maximum absolute atomic E-state index is 13.3. The van der Waals surface area contributed by atoms with E-state index in [2.05, 4.69) is 0 Å². The van der Waals surface area contributed by atoms with Gasteiger partial charge in [0.05, 0.1) is 25.2 Å². The number of carboxylic acid groups (broad SMARTS) is 1. The molecule has 1 N–H and O–H groups in total. The third-order valence-corrected chi connectivity index (χ3v) is 3.96. The van der Waals surface area contributed by atoms with E-state index in [1.807, 2.05) is 0 Å². The van der Waals surface area contributed by atoms with E-state index in [1.165, 1.54) is 14.2 Å². The zero-order valence-electron chi connectivity index (χ0n) is 11.6. The molecule has 0 atom stereocenters. The highest BCUT2D eigenvalue weighted by Crippen LogP contribution is 2.51. The number of rotatable bonds is 4. The average molecular weight is 304 g/mol. The van der Waals surface area contributed by atoms with E-state index < -0.39 is 23.1 Å². The first-order chi connectivity index (χ1) is 9.76. The zero-order chi connectivity index (χ0) is 15.8. The van der Waals surface area contributed by atoms with Gasteiger partial charge in [0.2, 0.25) is 0 Å². The van der Waals surface area contributed by atoms with Crippen molar-refractivity contribution < 1.29 is 32.5 Å². The number of carboxylic acids is 1. The van der Waals surface area contributed by atoms with Gasteiger partial charge >= 0.3 is 12.1 Å². The molecule has 1 aliphatic rings. The molecule has 0 aliphatic heterocycles. The first-order valence-corrected chi connectivity index (χ1v) is 6.33. The molecular weight excluding hydrogens is 289 g/mol. The maximum atomic E-state index is 13.3. The summed E-state index contributed by atoms with van der Waals surface area (Å²) in [6.45, 7) is 0. The fourth-order valence-corrected chi connectivity index (χ4v) is 2.64. The van der Waals surface area contributed by atoms with Crippen molar-refractivity contribution in [1.29, 1.82) is 0 Å². The van der Waals surface area contributed by atoms with Gasteiger partial charge in [-0.3, -0.25) is 4.79 Å². The molecule has 0 aromatic heterocycles. The summed E-state index contributed by atoms with van der Waals surface area (Å²) >= 11 is 0. The maximum Gasteiger partial charge on any atom is 0.416 e. The highest BCUT2D eigenvalue weighted by Gasteiger charge is 2.51. The molecule has 7 heteroatoms. The van der Waals surface area contributed by atoms with Crippen molar-refractivity contribution in [3.05, 3.63) is 23.3 Å². The van der Waals surface area contributed by atoms with Crippen molar-refractivity contribution in [3.63, 3.8) is 0 Å². The smallest absolute Gasteiger partial charge is 0.416 e. The van der Waals surface area contributed by atoms with Crippen LogP contribution in [0, 0.1) is 0 Å². The predicted molar refractivity (Wildman–Crippen MR) is 67.7 cm³/mol. The van der Waals surface area contributed by atoms with E-state index in [4.69, 9.17) is 9.47 Å². The number of hydrogen-bond donors (Lipinski definition) is 1. The lowest BCUT2D eigenvalue weighted by molar-refractivity contribution is -0.149. The molecule has 0 unspecified atom stereocenters. The summed E-state index contributed by atoms with van der Waals surface area (Å²) in [7, 11) is 2.52. The van der Waals surface area contributed by atoms with Gasteiger partial charge in [0.1, 0.15) is 0 Å². The van der Waals surface area contributed by atoms with E-state index >= 15 is 0 Å². The number of ether oxygens (including phenoxy) is 2. The Morgan fingerprint density at radius 2 is 1.71 bits per heavy atom. The Balaban J connectivity index is 2.71. The van der Waals surface area contributed by atoms with E-state index in [1.54, 1.807) is 0 Å². The summed E-state index contributed by atoms with van der Waals surface area (Å²) < 4.78 is 49.7. The number of alkyl halides is 3. The van der Waals surface area contributed by atoms with Gasteiger partial charge in [0.25, 0.3) is 0 Å². The van der Waals surface area contributed by atoms with Gasteiger partial charge in [-0.25, -0.2) is 0 Å². The predicted octanol–water partition coefficient (Wildman–Crippen LogP) is 3.23. The Morgan fingerprint density at radius 3 is 2.05 bits per heavy atom. The first-order valence-electron chi connectivity index (χ1n) is 6.33. The highest BCUT2D eigenvalue weighted by molar-refractivity contribution is 5.83. The molecule has 1 fully saturated rings. The number of methoxy groups -OCH3 is 2. The van der Waals surface area contributed by atoms with Crippen LogP contribution in [0.4, 0.5) is 13.2 Å². The van der Waals surface area contributed by atoms with Crippen LogP contribution in [0.2, 0.25) is 0 Å². The Labute approximate surface area is 119 Å². The number of benzene rings is 1. The van der Waals surface area contributed by atoms with Crippen molar-refractivity contribution in [3.8, 4) is 11.5 Å². The molecule has 116 valence electrons. The molecule has 1 aromatic rings. The summed E-state index contributed by atoms with van der Waals surface area (Å²) in [5, 5.41) is 9.38. The van der Waals surface area contributed by atoms with Crippen LogP contribution in [-0.2, 0) is 16.4 Å². The topological polar surface area (TPSA) is 55.8 Å². The number of hydrogen-bond acceptors (Lipinski definition) is 3.